The summed E-state index contributed by atoms with van der Waals surface area (Å²) in [7, 11) is 1.87. The van der Waals surface area contributed by atoms with Crippen LogP contribution in [0.5, 0.6) is 0 Å². The number of benzene rings is 1. The van der Waals surface area contributed by atoms with Crippen LogP contribution in [0, 0.1) is 0 Å². The average molecular weight is 359 g/mol. The molecule has 0 saturated carbocycles. The van der Waals surface area contributed by atoms with Crippen LogP contribution in [-0.2, 0) is 24.9 Å². The van der Waals surface area contributed by atoms with Gasteiger partial charge in [0.25, 0.3) is 0 Å². The zero-order valence-corrected chi connectivity index (χ0v) is 14.8. The van der Waals surface area contributed by atoms with Gasteiger partial charge in [-0.25, -0.2) is 4.98 Å². The molecule has 1 amide bonds. The van der Waals surface area contributed by atoms with Gasteiger partial charge in [0.15, 0.2) is 5.16 Å². The molecule has 6 nitrogen and oxygen atoms in total. The van der Waals surface area contributed by atoms with Crippen LogP contribution in [0.2, 0.25) is 0 Å². The Morgan fingerprint density at radius 3 is 2.79 bits per heavy atom. The fourth-order valence-electron chi connectivity index (χ4n) is 2.15. The van der Waals surface area contributed by atoms with Gasteiger partial charge in [0, 0.05) is 25.2 Å². The zero-order chi connectivity index (χ0) is 16.8. The van der Waals surface area contributed by atoms with Gasteiger partial charge >= 0.3 is 0 Å². The van der Waals surface area contributed by atoms with E-state index in [1.54, 1.807) is 28.4 Å². The SMILES string of the molecule is Cn1cnnc1SCC(=O)N(Cc1ccccc1)Cc1nccs1. The number of aromatic nitrogens is 4. The van der Waals surface area contributed by atoms with Crippen molar-refractivity contribution in [2.75, 3.05) is 5.75 Å². The fourth-order valence-corrected chi connectivity index (χ4v) is 3.57. The number of carbonyl (C=O) groups is 1. The lowest BCUT2D eigenvalue weighted by Gasteiger charge is -2.21. The predicted molar refractivity (Wildman–Crippen MR) is 94.5 cm³/mol. The first-order valence-electron chi connectivity index (χ1n) is 7.39. The van der Waals surface area contributed by atoms with E-state index in [2.05, 4.69) is 15.2 Å². The van der Waals surface area contributed by atoms with E-state index in [1.165, 1.54) is 11.8 Å². The Labute approximate surface area is 148 Å². The first-order chi connectivity index (χ1) is 11.7. The number of hydrogen-bond acceptors (Lipinski definition) is 6. The van der Waals surface area contributed by atoms with E-state index in [-0.39, 0.29) is 5.91 Å². The molecule has 0 atom stereocenters. The van der Waals surface area contributed by atoms with Gasteiger partial charge in [0.2, 0.25) is 5.91 Å². The van der Waals surface area contributed by atoms with Crippen LogP contribution in [0.4, 0.5) is 0 Å². The van der Waals surface area contributed by atoms with E-state index in [0.29, 0.717) is 18.8 Å². The zero-order valence-electron chi connectivity index (χ0n) is 13.2. The summed E-state index contributed by atoms with van der Waals surface area (Å²) < 4.78 is 1.81. The molecule has 2 aromatic heterocycles. The van der Waals surface area contributed by atoms with Gasteiger partial charge in [0.05, 0.1) is 12.3 Å². The lowest BCUT2D eigenvalue weighted by molar-refractivity contribution is -0.129. The molecule has 0 fully saturated rings. The van der Waals surface area contributed by atoms with Crippen molar-refractivity contribution in [3.8, 4) is 0 Å². The highest BCUT2D eigenvalue weighted by molar-refractivity contribution is 7.99. The van der Waals surface area contributed by atoms with Gasteiger partial charge in [0.1, 0.15) is 11.3 Å². The third-order valence-electron chi connectivity index (χ3n) is 3.37. The number of carbonyl (C=O) groups excluding carboxylic acids is 1. The number of aryl methyl sites for hydroxylation is 1. The monoisotopic (exact) mass is 359 g/mol. The van der Waals surface area contributed by atoms with Crippen LogP contribution in [0.3, 0.4) is 0 Å². The molecule has 0 spiro atoms. The molecule has 124 valence electrons. The maximum absolute atomic E-state index is 12.7. The second-order valence-corrected chi connectivity index (χ2v) is 7.10. The second kappa shape index (κ2) is 8.07. The number of rotatable bonds is 7. The summed E-state index contributed by atoms with van der Waals surface area (Å²) in [4.78, 5) is 18.8. The van der Waals surface area contributed by atoms with Gasteiger partial charge in [-0.05, 0) is 5.56 Å². The van der Waals surface area contributed by atoms with Crippen LogP contribution in [0.15, 0.2) is 53.4 Å². The maximum Gasteiger partial charge on any atom is 0.233 e. The lowest BCUT2D eigenvalue weighted by atomic mass is 10.2. The number of nitrogens with zero attached hydrogens (tertiary/aromatic N) is 5. The van der Waals surface area contributed by atoms with Crippen LogP contribution >= 0.6 is 23.1 Å². The lowest BCUT2D eigenvalue weighted by Crippen LogP contribution is -2.31. The molecule has 0 bridgehead atoms. The summed E-state index contributed by atoms with van der Waals surface area (Å²) >= 11 is 2.95. The largest absolute Gasteiger partial charge is 0.331 e. The van der Waals surface area contributed by atoms with Gasteiger partial charge in [-0.1, -0.05) is 42.1 Å². The van der Waals surface area contributed by atoms with E-state index in [1.807, 2.05) is 47.7 Å². The Morgan fingerprint density at radius 2 is 2.12 bits per heavy atom. The molecule has 0 aliphatic rings. The molecule has 0 radical (unpaired) electrons. The smallest absolute Gasteiger partial charge is 0.233 e. The predicted octanol–water partition coefficient (Wildman–Crippen LogP) is 2.59. The van der Waals surface area contributed by atoms with Crippen molar-refractivity contribution in [1.82, 2.24) is 24.6 Å². The molecular formula is C16H17N5OS2. The molecule has 8 heteroatoms. The Bertz CT molecular complexity index is 773. The minimum atomic E-state index is 0.0575. The van der Waals surface area contributed by atoms with E-state index in [4.69, 9.17) is 0 Å². The second-order valence-electron chi connectivity index (χ2n) is 5.17. The topological polar surface area (TPSA) is 63.9 Å². The third-order valence-corrected chi connectivity index (χ3v) is 5.16. The highest BCUT2D eigenvalue weighted by Gasteiger charge is 2.17. The Balaban J connectivity index is 1.68. The molecule has 24 heavy (non-hydrogen) atoms. The van der Waals surface area contributed by atoms with Crippen molar-refractivity contribution in [2.24, 2.45) is 7.05 Å². The maximum atomic E-state index is 12.7. The van der Waals surface area contributed by atoms with E-state index in [9.17, 15) is 4.79 Å². The van der Waals surface area contributed by atoms with Gasteiger partial charge < -0.3 is 9.47 Å². The standard InChI is InChI=1S/C16H17N5OS2/c1-20-12-18-19-16(20)24-11-15(22)21(10-14-17-7-8-23-14)9-13-5-3-2-4-6-13/h2-8,12H,9-11H2,1H3. The molecule has 3 rings (SSSR count). The molecular weight excluding hydrogens is 342 g/mol. The molecule has 0 N–H and O–H groups in total. The molecule has 0 unspecified atom stereocenters. The van der Waals surface area contributed by atoms with Crippen molar-refractivity contribution in [1.29, 1.82) is 0 Å². The van der Waals surface area contributed by atoms with Gasteiger partial charge in [-0.3, -0.25) is 4.79 Å². The first-order valence-corrected chi connectivity index (χ1v) is 9.26. The summed E-state index contributed by atoms with van der Waals surface area (Å²) in [5.74, 6) is 0.382. The number of amides is 1. The molecule has 0 aliphatic carbocycles. The number of thiazole rings is 1. The summed E-state index contributed by atoms with van der Waals surface area (Å²) in [5, 5.41) is 11.4. The number of hydrogen-bond donors (Lipinski definition) is 0. The van der Waals surface area contributed by atoms with Crippen LogP contribution in [-0.4, -0.2) is 36.3 Å². The Morgan fingerprint density at radius 1 is 1.29 bits per heavy atom. The van der Waals surface area contributed by atoms with Crippen LogP contribution in [0.1, 0.15) is 10.6 Å². The first kappa shape index (κ1) is 16.7. The molecule has 1 aromatic carbocycles. The number of thioether (sulfide) groups is 1. The van der Waals surface area contributed by atoms with Gasteiger partial charge in [-0.2, -0.15) is 0 Å². The quantitative estimate of drug-likeness (QED) is 0.607. The normalized spacial score (nSPS) is 10.7. The van der Waals surface area contributed by atoms with Crippen molar-refractivity contribution in [2.45, 2.75) is 18.2 Å². The van der Waals surface area contributed by atoms with Crippen molar-refractivity contribution in [3.63, 3.8) is 0 Å². The van der Waals surface area contributed by atoms with Crippen molar-refractivity contribution >= 4 is 29.0 Å². The highest BCUT2D eigenvalue weighted by Crippen LogP contribution is 2.17. The molecule has 0 saturated heterocycles. The van der Waals surface area contributed by atoms with Gasteiger partial charge in [-0.15, -0.1) is 21.5 Å². The third kappa shape index (κ3) is 4.42. The van der Waals surface area contributed by atoms with E-state index < -0.39 is 0 Å². The molecule has 0 aliphatic heterocycles. The summed E-state index contributed by atoms with van der Waals surface area (Å²) in [6.07, 6.45) is 3.39. The fraction of sp³-hybridized carbons (Fsp3) is 0.250. The molecule has 3 aromatic rings. The molecule has 2 heterocycles. The highest BCUT2D eigenvalue weighted by atomic mass is 32.2. The Hall–Kier alpha value is -2.19. The summed E-state index contributed by atoms with van der Waals surface area (Å²) in [6, 6.07) is 9.99. The Kier molecular flexibility index (Phi) is 5.60. The van der Waals surface area contributed by atoms with Crippen molar-refractivity contribution < 1.29 is 4.79 Å². The van der Waals surface area contributed by atoms with E-state index >= 15 is 0 Å². The average Bonchev–Trinajstić information content (AvgIpc) is 3.25. The van der Waals surface area contributed by atoms with Crippen molar-refractivity contribution in [3.05, 3.63) is 58.8 Å². The van der Waals surface area contributed by atoms with Crippen LogP contribution in [0.25, 0.3) is 0 Å². The summed E-state index contributed by atoms with van der Waals surface area (Å²) in [6.45, 7) is 1.09. The minimum absolute atomic E-state index is 0.0575. The van der Waals surface area contributed by atoms with E-state index in [0.717, 1.165) is 15.7 Å². The van der Waals surface area contributed by atoms with Crippen LogP contribution < -0.4 is 0 Å². The summed E-state index contributed by atoms with van der Waals surface area (Å²) in [5.41, 5.74) is 1.10. The minimum Gasteiger partial charge on any atom is -0.331 e.